The normalized spacial score (nSPS) is 11.6. The van der Waals surface area contributed by atoms with Gasteiger partial charge in [-0.15, -0.1) is 6.58 Å². The Bertz CT molecular complexity index is 1120. The van der Waals surface area contributed by atoms with Crippen molar-refractivity contribution in [3.8, 4) is 0 Å². The zero-order chi connectivity index (χ0) is 19.6. The molecular weight excluding hydrogens is 360 g/mol. The maximum atomic E-state index is 12.7. The van der Waals surface area contributed by atoms with E-state index in [9.17, 15) is 9.59 Å². The second-order valence-corrected chi connectivity index (χ2v) is 7.18. The Morgan fingerprint density at radius 2 is 1.89 bits per heavy atom. The Kier molecular flexibility index (Phi) is 5.37. The molecule has 3 aromatic rings. The van der Waals surface area contributed by atoms with Crippen molar-refractivity contribution in [3.63, 3.8) is 0 Å². The Labute approximate surface area is 161 Å². The molecule has 0 aliphatic rings. The Morgan fingerprint density at radius 3 is 2.56 bits per heavy atom. The number of methoxy groups -OCH3 is 1. The Morgan fingerprint density at radius 1 is 1.15 bits per heavy atom. The van der Waals surface area contributed by atoms with E-state index in [4.69, 9.17) is 4.74 Å². The second-order valence-electron chi connectivity index (χ2n) is 6.17. The molecule has 0 atom stereocenters. The summed E-state index contributed by atoms with van der Waals surface area (Å²) in [6.07, 6.45) is 1.75. The lowest BCUT2D eigenvalue weighted by molar-refractivity contribution is 0.0601. The molecule has 0 fully saturated rings. The number of carbonyl (C=O) groups is 2. The number of esters is 1. The van der Waals surface area contributed by atoms with Crippen LogP contribution in [-0.4, -0.2) is 23.6 Å². The van der Waals surface area contributed by atoms with Gasteiger partial charge in [0.25, 0.3) is 5.91 Å². The Hall–Kier alpha value is -2.99. The number of amides is 1. The molecule has 0 radical (unpaired) electrons. The number of fused-ring (bicyclic) bond motifs is 1. The molecule has 0 aliphatic heterocycles. The minimum Gasteiger partial charge on any atom is -0.465 e. The summed E-state index contributed by atoms with van der Waals surface area (Å²) < 4.78 is 7.54. The fourth-order valence-corrected chi connectivity index (χ4v) is 3.81. The SMILES string of the molecule is C=CCn1c(=NC(=O)c2ccc(C)c(C)c2)sc2cc(C(=O)OC)ccc21. The van der Waals surface area contributed by atoms with E-state index >= 15 is 0 Å². The van der Waals surface area contributed by atoms with E-state index in [0.717, 1.165) is 21.3 Å². The second kappa shape index (κ2) is 7.72. The first kappa shape index (κ1) is 18.8. The summed E-state index contributed by atoms with van der Waals surface area (Å²) in [6.45, 7) is 8.27. The van der Waals surface area contributed by atoms with Crippen LogP contribution in [0.2, 0.25) is 0 Å². The highest BCUT2D eigenvalue weighted by Gasteiger charge is 2.12. The van der Waals surface area contributed by atoms with Gasteiger partial charge < -0.3 is 9.30 Å². The minimum atomic E-state index is -0.398. The number of aryl methyl sites for hydroxylation is 2. The minimum absolute atomic E-state index is 0.296. The fraction of sp³-hybridized carbons (Fsp3) is 0.190. The summed E-state index contributed by atoms with van der Waals surface area (Å²) in [4.78, 5) is 29.3. The van der Waals surface area contributed by atoms with Gasteiger partial charge in [0.15, 0.2) is 4.80 Å². The molecule has 0 N–H and O–H groups in total. The summed E-state index contributed by atoms with van der Waals surface area (Å²) in [5, 5.41) is 0. The van der Waals surface area contributed by atoms with Gasteiger partial charge in [0.2, 0.25) is 0 Å². The summed E-state index contributed by atoms with van der Waals surface area (Å²) in [7, 11) is 1.35. The number of benzene rings is 2. The van der Waals surface area contributed by atoms with Gasteiger partial charge >= 0.3 is 5.97 Å². The molecule has 0 saturated heterocycles. The van der Waals surface area contributed by atoms with Crippen molar-refractivity contribution in [1.82, 2.24) is 4.57 Å². The third-order valence-electron chi connectivity index (χ3n) is 4.37. The molecule has 2 aromatic carbocycles. The van der Waals surface area contributed by atoms with Crippen LogP contribution in [0.3, 0.4) is 0 Å². The topological polar surface area (TPSA) is 60.7 Å². The van der Waals surface area contributed by atoms with Crippen molar-refractivity contribution in [2.45, 2.75) is 20.4 Å². The largest absolute Gasteiger partial charge is 0.465 e. The molecule has 1 heterocycles. The van der Waals surface area contributed by atoms with Gasteiger partial charge in [-0.1, -0.05) is 23.5 Å². The molecule has 27 heavy (non-hydrogen) atoms. The van der Waals surface area contributed by atoms with Gasteiger partial charge in [0.1, 0.15) is 0 Å². The molecule has 0 unspecified atom stereocenters. The van der Waals surface area contributed by atoms with E-state index in [2.05, 4.69) is 11.6 Å². The highest BCUT2D eigenvalue weighted by molar-refractivity contribution is 7.16. The van der Waals surface area contributed by atoms with Crippen LogP contribution in [0.25, 0.3) is 10.2 Å². The maximum Gasteiger partial charge on any atom is 0.337 e. The van der Waals surface area contributed by atoms with Crippen molar-refractivity contribution in [1.29, 1.82) is 0 Å². The number of hydrogen-bond donors (Lipinski definition) is 0. The predicted molar refractivity (Wildman–Crippen MR) is 107 cm³/mol. The number of aromatic nitrogens is 1. The molecule has 0 aliphatic carbocycles. The van der Waals surface area contributed by atoms with E-state index in [1.165, 1.54) is 18.4 Å². The first-order valence-corrected chi connectivity index (χ1v) is 9.25. The number of thiazole rings is 1. The van der Waals surface area contributed by atoms with Crippen LogP contribution in [0, 0.1) is 13.8 Å². The third-order valence-corrected chi connectivity index (χ3v) is 5.41. The van der Waals surface area contributed by atoms with Gasteiger partial charge in [0, 0.05) is 12.1 Å². The number of allylic oxidation sites excluding steroid dienone is 1. The first-order valence-electron chi connectivity index (χ1n) is 8.43. The molecule has 138 valence electrons. The van der Waals surface area contributed by atoms with E-state index in [-0.39, 0.29) is 5.91 Å². The number of ether oxygens (including phenoxy) is 1. The lowest BCUT2D eigenvalue weighted by Gasteiger charge is -2.03. The summed E-state index contributed by atoms with van der Waals surface area (Å²) in [5.41, 5.74) is 4.08. The number of rotatable bonds is 4. The molecule has 0 spiro atoms. The van der Waals surface area contributed by atoms with Crippen molar-refractivity contribution in [3.05, 3.63) is 76.1 Å². The highest BCUT2D eigenvalue weighted by atomic mass is 32.1. The van der Waals surface area contributed by atoms with Gasteiger partial charge in [-0.2, -0.15) is 4.99 Å². The zero-order valence-electron chi connectivity index (χ0n) is 15.5. The van der Waals surface area contributed by atoms with Crippen molar-refractivity contribution in [2.24, 2.45) is 4.99 Å². The van der Waals surface area contributed by atoms with Crippen LogP contribution in [0.5, 0.6) is 0 Å². The van der Waals surface area contributed by atoms with E-state index in [0.29, 0.717) is 22.5 Å². The van der Waals surface area contributed by atoms with E-state index in [1.807, 2.05) is 36.6 Å². The third kappa shape index (κ3) is 3.75. The van der Waals surface area contributed by atoms with Crippen LogP contribution in [0.1, 0.15) is 31.8 Å². The number of carbonyl (C=O) groups excluding carboxylic acids is 2. The predicted octanol–water partition coefficient (Wildman–Crippen LogP) is 4.03. The quantitative estimate of drug-likeness (QED) is 0.507. The molecule has 5 nitrogen and oxygen atoms in total. The van der Waals surface area contributed by atoms with E-state index < -0.39 is 5.97 Å². The lowest BCUT2D eigenvalue weighted by atomic mass is 10.1. The molecule has 0 bridgehead atoms. The van der Waals surface area contributed by atoms with Crippen molar-refractivity contribution in [2.75, 3.05) is 7.11 Å². The van der Waals surface area contributed by atoms with Crippen LogP contribution < -0.4 is 4.80 Å². The molecule has 3 rings (SSSR count). The Balaban J connectivity index is 2.13. The molecule has 6 heteroatoms. The van der Waals surface area contributed by atoms with Crippen molar-refractivity contribution < 1.29 is 14.3 Å². The molecular formula is C21H20N2O3S. The smallest absolute Gasteiger partial charge is 0.337 e. The van der Waals surface area contributed by atoms with Gasteiger partial charge in [-0.05, 0) is 55.3 Å². The average Bonchev–Trinajstić information content (AvgIpc) is 3.00. The molecule has 1 aromatic heterocycles. The summed E-state index contributed by atoms with van der Waals surface area (Å²) >= 11 is 1.36. The van der Waals surface area contributed by atoms with Crippen LogP contribution in [0.4, 0.5) is 0 Å². The first-order chi connectivity index (χ1) is 12.9. The lowest BCUT2D eigenvalue weighted by Crippen LogP contribution is -2.16. The van der Waals surface area contributed by atoms with Crippen molar-refractivity contribution >= 4 is 33.4 Å². The highest BCUT2D eigenvalue weighted by Crippen LogP contribution is 2.20. The van der Waals surface area contributed by atoms with Crippen LogP contribution in [-0.2, 0) is 11.3 Å². The van der Waals surface area contributed by atoms with Gasteiger partial charge in [-0.3, -0.25) is 4.79 Å². The standard InChI is InChI=1S/C21H20N2O3S/c1-5-10-23-17-9-8-16(20(25)26-4)12-18(17)27-21(23)22-19(24)15-7-6-13(2)14(3)11-15/h5-9,11-12H,1,10H2,2-4H3. The van der Waals surface area contributed by atoms with Gasteiger partial charge in [0.05, 0.1) is 22.9 Å². The molecule has 0 saturated carbocycles. The maximum absolute atomic E-state index is 12.7. The van der Waals surface area contributed by atoms with Gasteiger partial charge in [-0.25, -0.2) is 4.79 Å². The van der Waals surface area contributed by atoms with Crippen LogP contribution >= 0.6 is 11.3 Å². The fourth-order valence-electron chi connectivity index (χ4n) is 2.73. The summed E-state index contributed by atoms with van der Waals surface area (Å²) in [6, 6.07) is 10.8. The number of nitrogens with zero attached hydrogens (tertiary/aromatic N) is 2. The average molecular weight is 380 g/mol. The van der Waals surface area contributed by atoms with E-state index in [1.54, 1.807) is 24.3 Å². The summed E-state index contributed by atoms with van der Waals surface area (Å²) in [5.74, 6) is -0.694. The zero-order valence-corrected chi connectivity index (χ0v) is 16.3. The molecule has 1 amide bonds. The number of hydrogen-bond acceptors (Lipinski definition) is 4. The van der Waals surface area contributed by atoms with Crippen LogP contribution in [0.15, 0.2) is 54.0 Å². The monoisotopic (exact) mass is 380 g/mol.